The van der Waals surface area contributed by atoms with Crippen molar-refractivity contribution in [3.05, 3.63) is 71.0 Å². The molecule has 8 nitrogen and oxygen atoms in total. The lowest BCUT2D eigenvalue weighted by Crippen LogP contribution is -2.60. The molecule has 1 aliphatic carbocycles. The third kappa shape index (κ3) is 5.77. The van der Waals surface area contributed by atoms with Crippen LogP contribution in [0.25, 0.3) is 5.52 Å². The van der Waals surface area contributed by atoms with Crippen molar-refractivity contribution in [2.45, 2.75) is 49.9 Å². The van der Waals surface area contributed by atoms with E-state index in [-0.39, 0.29) is 24.0 Å². The third-order valence-electron chi connectivity index (χ3n) is 7.67. The lowest BCUT2D eigenvalue weighted by Gasteiger charge is -2.41. The highest BCUT2D eigenvalue weighted by atomic mass is 35.5. The van der Waals surface area contributed by atoms with Crippen molar-refractivity contribution < 1.29 is 31.9 Å². The number of halogens is 5. The predicted octanol–water partition coefficient (Wildman–Crippen LogP) is 4.09. The van der Waals surface area contributed by atoms with Gasteiger partial charge in [0.15, 0.2) is 0 Å². The van der Waals surface area contributed by atoms with Gasteiger partial charge < -0.3 is 19.9 Å². The van der Waals surface area contributed by atoms with E-state index < -0.39 is 47.7 Å². The molecule has 0 bridgehead atoms. The lowest BCUT2D eigenvalue weighted by molar-refractivity contribution is -0.175. The third-order valence-corrected chi connectivity index (χ3v) is 7.89. The van der Waals surface area contributed by atoms with Crippen molar-refractivity contribution in [2.24, 2.45) is 5.92 Å². The molecule has 3 heterocycles. The number of aromatic nitrogens is 2. The molecule has 1 saturated carbocycles. The van der Waals surface area contributed by atoms with Gasteiger partial charge in [-0.05, 0) is 61.1 Å². The van der Waals surface area contributed by atoms with E-state index in [1.165, 1.54) is 11.0 Å². The number of rotatable bonds is 6. The van der Waals surface area contributed by atoms with Gasteiger partial charge in [-0.15, -0.1) is 0 Å². The summed E-state index contributed by atoms with van der Waals surface area (Å²) in [5, 5.41) is 4.78. The quantitative estimate of drug-likeness (QED) is 0.430. The van der Waals surface area contributed by atoms with E-state index in [2.05, 4.69) is 10.3 Å². The molecule has 212 valence electrons. The summed E-state index contributed by atoms with van der Waals surface area (Å²) in [4.78, 5) is 44.3. The first-order valence-corrected chi connectivity index (χ1v) is 13.2. The summed E-state index contributed by atoms with van der Waals surface area (Å²) >= 11 is 6.09. The number of nitrogens with zero attached hydrogens (tertiary/aromatic N) is 3. The molecule has 2 aliphatic rings. The maximum absolute atomic E-state index is 14.3. The number of fused-ring (bicyclic) bond motifs is 1. The van der Waals surface area contributed by atoms with Crippen molar-refractivity contribution in [1.82, 2.24) is 24.9 Å². The second-order valence-electron chi connectivity index (χ2n) is 10.2. The fourth-order valence-corrected chi connectivity index (χ4v) is 5.67. The number of hydrogen-bond donors (Lipinski definition) is 2. The monoisotopic (exact) mass is 579 g/mol. The fraction of sp³-hybridized carbons (Fsp3) is 0.407. The Morgan fingerprint density at radius 2 is 1.90 bits per heavy atom. The van der Waals surface area contributed by atoms with Crippen LogP contribution >= 0.6 is 11.6 Å². The number of benzene rings is 1. The molecule has 0 radical (unpaired) electrons. The van der Waals surface area contributed by atoms with Crippen molar-refractivity contribution in [3.63, 3.8) is 0 Å². The molecule has 2 fully saturated rings. The zero-order valence-corrected chi connectivity index (χ0v) is 21.9. The number of carbonyl (C=O) groups is 3. The number of piperidine rings is 1. The number of pyridine rings is 1. The molecule has 5 rings (SSSR count). The van der Waals surface area contributed by atoms with Crippen LogP contribution in [0.3, 0.4) is 0 Å². The molecule has 3 aromatic rings. The van der Waals surface area contributed by atoms with E-state index in [0.717, 1.165) is 12.5 Å². The summed E-state index contributed by atoms with van der Waals surface area (Å²) < 4.78 is 55.0. The molecule has 0 spiro atoms. The molecule has 1 aliphatic heterocycles. The maximum Gasteiger partial charge on any atom is 0.471 e. The van der Waals surface area contributed by atoms with Crippen molar-refractivity contribution in [1.29, 1.82) is 0 Å². The highest BCUT2D eigenvalue weighted by Gasteiger charge is 2.44. The Balaban J connectivity index is 1.42. The number of likely N-dealkylation sites (tertiary alicyclic amines) is 1. The first-order valence-electron chi connectivity index (χ1n) is 12.9. The van der Waals surface area contributed by atoms with Gasteiger partial charge in [0, 0.05) is 30.2 Å². The topological polar surface area (TPSA) is 95.8 Å². The second-order valence-corrected chi connectivity index (χ2v) is 10.6. The van der Waals surface area contributed by atoms with Gasteiger partial charge in [0.05, 0.1) is 29.6 Å². The van der Waals surface area contributed by atoms with Gasteiger partial charge in [-0.3, -0.25) is 14.4 Å². The Kier molecular flexibility index (Phi) is 7.72. The van der Waals surface area contributed by atoms with Gasteiger partial charge in [-0.2, -0.15) is 13.2 Å². The molecule has 1 saturated heterocycles. The van der Waals surface area contributed by atoms with Gasteiger partial charge in [-0.1, -0.05) is 18.0 Å². The van der Waals surface area contributed by atoms with E-state index in [1.807, 2.05) is 5.32 Å². The largest absolute Gasteiger partial charge is 0.471 e. The minimum Gasteiger partial charge on any atom is -0.349 e. The Hall–Kier alpha value is -3.67. The average Bonchev–Trinajstić information content (AvgIpc) is 3.34. The molecule has 13 heteroatoms. The van der Waals surface area contributed by atoms with Crippen LogP contribution in [0.15, 0.2) is 49.1 Å². The maximum atomic E-state index is 14.3. The summed E-state index contributed by atoms with van der Waals surface area (Å²) in [6.45, 7) is 0.277. The van der Waals surface area contributed by atoms with Gasteiger partial charge in [-0.25, -0.2) is 9.37 Å². The van der Waals surface area contributed by atoms with Crippen LogP contribution in [-0.2, 0) is 9.59 Å². The zero-order valence-electron chi connectivity index (χ0n) is 21.1. The van der Waals surface area contributed by atoms with Crippen LogP contribution in [0.4, 0.5) is 17.6 Å². The molecule has 3 amide bonds. The number of amides is 3. The van der Waals surface area contributed by atoms with Crippen LogP contribution < -0.4 is 10.6 Å². The summed E-state index contributed by atoms with van der Waals surface area (Å²) in [6.07, 6.45) is 1.75. The van der Waals surface area contributed by atoms with Gasteiger partial charge in [0.2, 0.25) is 5.91 Å². The van der Waals surface area contributed by atoms with E-state index in [0.29, 0.717) is 35.9 Å². The van der Waals surface area contributed by atoms with Gasteiger partial charge >= 0.3 is 12.1 Å². The SMILES string of the molecule is O=C(N[C@@H]1CN(C(=O)c2cccn3cncc23)CC[C@H]1c1cc(F)cc(Cl)c1)[C@H](NC(=O)C(F)(F)F)C1CCC1. The summed E-state index contributed by atoms with van der Waals surface area (Å²) in [5.74, 6) is -4.82. The van der Waals surface area contributed by atoms with Crippen molar-refractivity contribution >= 4 is 34.8 Å². The average molecular weight is 580 g/mol. The first-order chi connectivity index (χ1) is 19.0. The van der Waals surface area contributed by atoms with Crippen LogP contribution in [0.2, 0.25) is 5.02 Å². The predicted molar refractivity (Wildman–Crippen MR) is 137 cm³/mol. The number of imidazole rings is 1. The van der Waals surface area contributed by atoms with Crippen LogP contribution in [-0.4, -0.2) is 63.4 Å². The highest BCUT2D eigenvalue weighted by molar-refractivity contribution is 6.30. The Morgan fingerprint density at radius 3 is 2.58 bits per heavy atom. The van der Waals surface area contributed by atoms with Crippen molar-refractivity contribution in [3.8, 4) is 0 Å². The highest BCUT2D eigenvalue weighted by Crippen LogP contribution is 2.34. The fourth-order valence-electron chi connectivity index (χ4n) is 5.44. The standard InChI is InChI=1S/C27H26ClF4N5O3/c28-17-9-16(10-18(29)11-17)19-6-8-36(25(39)20-5-2-7-37-14-33-12-22(20)37)13-21(19)34-24(38)23(15-3-1-4-15)35-26(40)27(30,31)32/h2,5,7,9-12,14-15,19,21,23H,1,3-4,6,8,13H2,(H,34,38)(H,35,40)/t19-,21+,23+/m0/s1. The second kappa shape index (κ2) is 11.1. The zero-order chi connectivity index (χ0) is 28.6. The molecule has 0 unspecified atom stereocenters. The van der Waals surface area contributed by atoms with Crippen LogP contribution in [0.5, 0.6) is 0 Å². The first kappa shape index (κ1) is 27.9. The number of alkyl halides is 3. The summed E-state index contributed by atoms with van der Waals surface area (Å²) in [6, 6.07) is 5.16. The summed E-state index contributed by atoms with van der Waals surface area (Å²) in [5.41, 5.74) is 1.47. The smallest absolute Gasteiger partial charge is 0.349 e. The number of carbonyl (C=O) groups excluding carboxylic acids is 3. The molecule has 2 aromatic heterocycles. The molecular formula is C27H26ClF4N5O3. The van der Waals surface area contributed by atoms with E-state index in [9.17, 15) is 31.9 Å². The molecule has 2 N–H and O–H groups in total. The van der Waals surface area contributed by atoms with Gasteiger partial charge in [0.1, 0.15) is 11.9 Å². The molecule has 3 atom stereocenters. The molecule has 40 heavy (non-hydrogen) atoms. The van der Waals surface area contributed by atoms with E-state index in [4.69, 9.17) is 11.6 Å². The van der Waals surface area contributed by atoms with E-state index in [1.54, 1.807) is 41.3 Å². The van der Waals surface area contributed by atoms with Gasteiger partial charge in [0.25, 0.3) is 5.91 Å². The Bertz CT molecular complexity index is 1420. The lowest BCUT2D eigenvalue weighted by atomic mass is 9.78. The normalized spacial score (nSPS) is 20.6. The Morgan fingerprint density at radius 1 is 1.12 bits per heavy atom. The summed E-state index contributed by atoms with van der Waals surface area (Å²) in [7, 11) is 0. The van der Waals surface area contributed by atoms with E-state index >= 15 is 0 Å². The number of nitrogens with one attached hydrogen (secondary N) is 2. The molecular weight excluding hydrogens is 554 g/mol. The molecule has 1 aromatic carbocycles. The van der Waals surface area contributed by atoms with Crippen molar-refractivity contribution in [2.75, 3.05) is 13.1 Å². The number of hydrogen-bond acceptors (Lipinski definition) is 4. The van der Waals surface area contributed by atoms with Crippen LogP contribution in [0, 0.1) is 11.7 Å². The minimum absolute atomic E-state index is 0.00314. The minimum atomic E-state index is -5.15. The van der Waals surface area contributed by atoms with Crippen LogP contribution in [0.1, 0.15) is 47.5 Å². The Labute approximate surface area is 231 Å².